The van der Waals surface area contributed by atoms with Crippen molar-refractivity contribution in [1.82, 2.24) is 10.6 Å². The van der Waals surface area contributed by atoms with Gasteiger partial charge in [0, 0.05) is 19.6 Å². The maximum Gasteiger partial charge on any atom is 0.220 e. The summed E-state index contributed by atoms with van der Waals surface area (Å²) in [5.41, 5.74) is 0. The molecule has 0 aliphatic carbocycles. The molecule has 4 nitrogen and oxygen atoms in total. The van der Waals surface area contributed by atoms with Gasteiger partial charge in [0.05, 0.1) is 6.10 Å². The number of carbonyl (C=O) groups excluding carboxylic acids is 1. The van der Waals surface area contributed by atoms with E-state index >= 15 is 0 Å². The molecule has 19 heavy (non-hydrogen) atoms. The second kappa shape index (κ2) is 8.54. The van der Waals surface area contributed by atoms with Gasteiger partial charge in [-0.1, -0.05) is 0 Å². The Hall–Kier alpha value is -0.610. The van der Waals surface area contributed by atoms with Gasteiger partial charge in [0.2, 0.25) is 5.91 Å². The van der Waals surface area contributed by atoms with E-state index in [0.717, 1.165) is 51.4 Å². The van der Waals surface area contributed by atoms with Crippen LogP contribution in [-0.2, 0) is 9.53 Å². The molecule has 1 unspecified atom stereocenters. The van der Waals surface area contributed by atoms with Crippen LogP contribution < -0.4 is 10.6 Å². The average Bonchev–Trinajstić information content (AvgIpc) is 2.47. The van der Waals surface area contributed by atoms with Gasteiger partial charge >= 0.3 is 0 Å². The Morgan fingerprint density at radius 2 is 2.00 bits per heavy atom. The zero-order valence-electron chi connectivity index (χ0n) is 12.0. The zero-order chi connectivity index (χ0) is 13.3. The van der Waals surface area contributed by atoms with E-state index in [1.165, 1.54) is 25.7 Å². The first kappa shape index (κ1) is 14.8. The molecule has 0 spiro atoms. The molecule has 110 valence electrons. The Balaban J connectivity index is 1.49. The molecule has 2 saturated heterocycles. The number of piperidine rings is 1. The predicted octanol–water partition coefficient (Wildman–Crippen LogP) is 1.84. The molecule has 0 bridgehead atoms. The zero-order valence-corrected chi connectivity index (χ0v) is 12.0. The molecule has 0 saturated carbocycles. The summed E-state index contributed by atoms with van der Waals surface area (Å²) in [4.78, 5) is 11.7. The molecule has 2 aliphatic heterocycles. The van der Waals surface area contributed by atoms with Crippen molar-refractivity contribution < 1.29 is 9.53 Å². The number of amides is 1. The minimum absolute atomic E-state index is 0.197. The van der Waals surface area contributed by atoms with Crippen LogP contribution in [-0.4, -0.2) is 38.3 Å². The van der Waals surface area contributed by atoms with Gasteiger partial charge < -0.3 is 15.4 Å². The summed E-state index contributed by atoms with van der Waals surface area (Å²) in [5.74, 6) is 0.992. The summed E-state index contributed by atoms with van der Waals surface area (Å²) in [6, 6.07) is 0. The first-order chi connectivity index (χ1) is 9.34. The van der Waals surface area contributed by atoms with Crippen molar-refractivity contribution in [1.29, 1.82) is 0 Å². The second-order valence-electron chi connectivity index (χ2n) is 5.86. The summed E-state index contributed by atoms with van der Waals surface area (Å²) < 4.78 is 5.64. The minimum Gasteiger partial charge on any atom is -0.378 e. The molecule has 1 atom stereocenters. The highest BCUT2D eigenvalue weighted by Crippen LogP contribution is 2.17. The van der Waals surface area contributed by atoms with Crippen LogP contribution in [0.2, 0.25) is 0 Å². The Morgan fingerprint density at radius 1 is 1.16 bits per heavy atom. The van der Waals surface area contributed by atoms with Crippen molar-refractivity contribution in [3.05, 3.63) is 0 Å². The first-order valence-electron chi connectivity index (χ1n) is 7.93. The van der Waals surface area contributed by atoms with Gasteiger partial charge in [0.25, 0.3) is 0 Å². The molecule has 0 aromatic carbocycles. The van der Waals surface area contributed by atoms with Crippen LogP contribution in [0.25, 0.3) is 0 Å². The molecular formula is C15H28N2O2. The highest BCUT2D eigenvalue weighted by Gasteiger charge is 2.16. The third kappa shape index (κ3) is 5.91. The van der Waals surface area contributed by atoms with E-state index < -0.39 is 0 Å². The Morgan fingerprint density at radius 3 is 2.74 bits per heavy atom. The lowest BCUT2D eigenvalue weighted by Crippen LogP contribution is -2.31. The lowest BCUT2D eigenvalue weighted by Gasteiger charge is -2.23. The number of nitrogens with one attached hydrogen (secondary N) is 2. The standard InChI is InChI=1S/C15H28N2O2/c18-15(5-4-14-3-1-2-12-19-14)17-11-8-13-6-9-16-10-7-13/h13-14,16H,1-12H2,(H,17,18). The smallest absolute Gasteiger partial charge is 0.220 e. The Kier molecular flexibility index (Phi) is 6.65. The molecule has 2 rings (SSSR count). The van der Waals surface area contributed by atoms with Crippen LogP contribution >= 0.6 is 0 Å². The summed E-state index contributed by atoms with van der Waals surface area (Å²) in [6.45, 7) is 3.99. The molecule has 1 amide bonds. The van der Waals surface area contributed by atoms with Crippen molar-refractivity contribution >= 4 is 5.91 Å². The van der Waals surface area contributed by atoms with Gasteiger partial charge in [0.1, 0.15) is 0 Å². The Labute approximate surface area is 116 Å². The van der Waals surface area contributed by atoms with Crippen LogP contribution in [0.5, 0.6) is 0 Å². The van der Waals surface area contributed by atoms with Gasteiger partial charge in [-0.05, 0) is 64.0 Å². The van der Waals surface area contributed by atoms with Gasteiger partial charge in [0.15, 0.2) is 0 Å². The number of hydrogen-bond donors (Lipinski definition) is 2. The van der Waals surface area contributed by atoms with Gasteiger partial charge in [-0.2, -0.15) is 0 Å². The summed E-state index contributed by atoms with van der Waals surface area (Å²) in [7, 11) is 0. The molecule has 4 heteroatoms. The van der Waals surface area contributed by atoms with E-state index in [1.54, 1.807) is 0 Å². The van der Waals surface area contributed by atoms with E-state index in [4.69, 9.17) is 4.74 Å². The van der Waals surface area contributed by atoms with Crippen molar-refractivity contribution in [2.45, 2.75) is 57.5 Å². The number of carbonyl (C=O) groups is 1. The van der Waals surface area contributed by atoms with Crippen LogP contribution in [0.1, 0.15) is 51.4 Å². The fourth-order valence-corrected chi connectivity index (χ4v) is 3.00. The summed E-state index contributed by atoms with van der Waals surface area (Å²) >= 11 is 0. The van der Waals surface area contributed by atoms with Gasteiger partial charge in [-0.3, -0.25) is 4.79 Å². The number of rotatable bonds is 6. The first-order valence-corrected chi connectivity index (χ1v) is 7.93. The van der Waals surface area contributed by atoms with E-state index in [-0.39, 0.29) is 5.91 Å². The fraction of sp³-hybridized carbons (Fsp3) is 0.933. The topological polar surface area (TPSA) is 50.4 Å². The van der Waals surface area contributed by atoms with Crippen LogP contribution in [0, 0.1) is 5.92 Å². The SMILES string of the molecule is O=C(CCC1CCCCO1)NCCC1CCNCC1. The largest absolute Gasteiger partial charge is 0.378 e. The maximum absolute atomic E-state index is 11.7. The third-order valence-corrected chi connectivity index (χ3v) is 4.30. The number of hydrogen-bond acceptors (Lipinski definition) is 3. The predicted molar refractivity (Wildman–Crippen MR) is 76.0 cm³/mol. The van der Waals surface area contributed by atoms with Crippen molar-refractivity contribution in [3.63, 3.8) is 0 Å². The molecule has 2 aliphatic rings. The Bertz CT molecular complexity index is 259. The van der Waals surface area contributed by atoms with Crippen LogP contribution in [0.3, 0.4) is 0 Å². The molecule has 2 fully saturated rings. The highest BCUT2D eigenvalue weighted by molar-refractivity contribution is 5.75. The van der Waals surface area contributed by atoms with Crippen molar-refractivity contribution in [3.8, 4) is 0 Å². The van der Waals surface area contributed by atoms with E-state index in [0.29, 0.717) is 12.5 Å². The van der Waals surface area contributed by atoms with Crippen molar-refractivity contribution in [2.24, 2.45) is 5.92 Å². The molecule has 2 N–H and O–H groups in total. The molecule has 0 radical (unpaired) electrons. The summed E-state index contributed by atoms with van der Waals surface area (Å²) in [6.07, 6.45) is 9.04. The lowest BCUT2D eigenvalue weighted by molar-refractivity contribution is -0.122. The minimum atomic E-state index is 0.197. The fourth-order valence-electron chi connectivity index (χ4n) is 3.00. The van der Waals surface area contributed by atoms with Gasteiger partial charge in [-0.25, -0.2) is 0 Å². The molecule has 2 heterocycles. The lowest BCUT2D eigenvalue weighted by atomic mass is 9.95. The van der Waals surface area contributed by atoms with Crippen LogP contribution in [0.4, 0.5) is 0 Å². The molecule has 0 aromatic rings. The second-order valence-corrected chi connectivity index (χ2v) is 5.86. The van der Waals surface area contributed by atoms with Gasteiger partial charge in [-0.15, -0.1) is 0 Å². The summed E-state index contributed by atoms with van der Waals surface area (Å²) in [5, 5.41) is 6.42. The number of ether oxygens (including phenoxy) is 1. The van der Waals surface area contributed by atoms with Crippen molar-refractivity contribution in [2.75, 3.05) is 26.2 Å². The quantitative estimate of drug-likeness (QED) is 0.773. The maximum atomic E-state index is 11.7. The average molecular weight is 268 g/mol. The molecule has 0 aromatic heterocycles. The third-order valence-electron chi connectivity index (χ3n) is 4.30. The van der Waals surface area contributed by atoms with E-state index in [2.05, 4.69) is 10.6 Å². The molecular weight excluding hydrogens is 240 g/mol. The van der Waals surface area contributed by atoms with Crippen LogP contribution in [0.15, 0.2) is 0 Å². The van der Waals surface area contributed by atoms with E-state index in [1.807, 2.05) is 0 Å². The van der Waals surface area contributed by atoms with E-state index in [9.17, 15) is 4.79 Å². The monoisotopic (exact) mass is 268 g/mol. The highest BCUT2D eigenvalue weighted by atomic mass is 16.5. The normalized spacial score (nSPS) is 25.2.